The van der Waals surface area contributed by atoms with Crippen molar-refractivity contribution in [3.05, 3.63) is 29.8 Å². The predicted octanol–water partition coefficient (Wildman–Crippen LogP) is 1.31. The Kier molecular flexibility index (Phi) is 4.39. The van der Waals surface area contributed by atoms with E-state index in [-0.39, 0.29) is 22.2 Å². The van der Waals surface area contributed by atoms with Gasteiger partial charge in [-0.1, -0.05) is 18.2 Å². The van der Waals surface area contributed by atoms with Crippen molar-refractivity contribution >= 4 is 27.3 Å². The molecule has 0 heterocycles. The first-order valence-corrected chi connectivity index (χ1v) is 6.49. The molecular formula is C10H13ClN2O3S. The summed E-state index contributed by atoms with van der Waals surface area (Å²) < 4.78 is 31.1. The van der Waals surface area contributed by atoms with Gasteiger partial charge in [-0.15, -0.1) is 0 Å². The van der Waals surface area contributed by atoms with Gasteiger partial charge in [-0.3, -0.25) is 0 Å². The number of hydrogen-bond donors (Lipinski definition) is 2. The fourth-order valence-corrected chi connectivity index (χ4v) is 2.53. The normalized spacial score (nSPS) is 11.2. The van der Waals surface area contributed by atoms with Crippen LogP contribution in [0, 0.1) is 0 Å². The van der Waals surface area contributed by atoms with Crippen LogP contribution in [0.4, 0.5) is 5.69 Å². The molecule has 1 aromatic carbocycles. The van der Waals surface area contributed by atoms with Gasteiger partial charge >= 0.3 is 0 Å². The Morgan fingerprint density at radius 3 is 2.76 bits per heavy atom. The van der Waals surface area contributed by atoms with Crippen molar-refractivity contribution in [3.8, 4) is 5.75 Å². The van der Waals surface area contributed by atoms with Gasteiger partial charge in [0, 0.05) is 17.3 Å². The summed E-state index contributed by atoms with van der Waals surface area (Å²) >= 11 is 5.50. The molecular weight excluding hydrogens is 264 g/mol. The first kappa shape index (κ1) is 13.8. The van der Waals surface area contributed by atoms with Gasteiger partial charge in [0.1, 0.15) is 10.6 Å². The summed E-state index contributed by atoms with van der Waals surface area (Å²) in [7, 11) is -2.34. The SMILES string of the molecule is C=C(Cl)CNS(=O)(=O)c1cc(N)ccc1OC. The number of benzene rings is 1. The van der Waals surface area contributed by atoms with E-state index in [1.807, 2.05) is 0 Å². The lowest BCUT2D eigenvalue weighted by atomic mass is 10.3. The van der Waals surface area contributed by atoms with Gasteiger partial charge < -0.3 is 10.5 Å². The Morgan fingerprint density at radius 1 is 1.59 bits per heavy atom. The number of nitrogens with two attached hydrogens (primary N) is 1. The molecule has 5 nitrogen and oxygen atoms in total. The third kappa shape index (κ3) is 3.62. The van der Waals surface area contributed by atoms with Gasteiger partial charge in [0.2, 0.25) is 10.0 Å². The van der Waals surface area contributed by atoms with Gasteiger partial charge in [-0.25, -0.2) is 13.1 Å². The second-order valence-corrected chi connectivity index (χ2v) is 5.52. The fraction of sp³-hybridized carbons (Fsp3) is 0.200. The van der Waals surface area contributed by atoms with E-state index in [2.05, 4.69) is 11.3 Å². The number of nitrogens with one attached hydrogen (secondary N) is 1. The average Bonchev–Trinajstić information content (AvgIpc) is 2.26. The lowest BCUT2D eigenvalue weighted by molar-refractivity contribution is 0.402. The summed E-state index contributed by atoms with van der Waals surface area (Å²) in [6, 6.07) is 4.36. The molecule has 0 aliphatic carbocycles. The van der Waals surface area contributed by atoms with Crippen LogP contribution in [0.5, 0.6) is 5.75 Å². The minimum atomic E-state index is -3.72. The molecule has 0 saturated heterocycles. The van der Waals surface area contributed by atoms with Gasteiger partial charge in [-0.05, 0) is 18.2 Å². The van der Waals surface area contributed by atoms with Crippen molar-refractivity contribution in [2.24, 2.45) is 0 Å². The number of rotatable bonds is 5. The molecule has 1 aromatic rings. The van der Waals surface area contributed by atoms with Crippen molar-refractivity contribution in [2.45, 2.75) is 4.90 Å². The molecule has 94 valence electrons. The number of sulfonamides is 1. The van der Waals surface area contributed by atoms with Crippen LogP contribution in [0.15, 0.2) is 34.7 Å². The maximum absolute atomic E-state index is 11.9. The summed E-state index contributed by atoms with van der Waals surface area (Å²) in [4.78, 5) is -0.0297. The third-order valence-electron chi connectivity index (χ3n) is 1.93. The van der Waals surface area contributed by atoms with E-state index in [1.54, 1.807) is 6.07 Å². The molecule has 0 spiro atoms. The Balaban J connectivity index is 3.13. The van der Waals surface area contributed by atoms with Crippen molar-refractivity contribution in [1.29, 1.82) is 0 Å². The average molecular weight is 277 g/mol. The van der Waals surface area contributed by atoms with Crippen LogP contribution < -0.4 is 15.2 Å². The number of anilines is 1. The van der Waals surface area contributed by atoms with E-state index in [4.69, 9.17) is 22.1 Å². The Bertz CT molecular complexity index is 528. The quantitative estimate of drug-likeness (QED) is 0.795. The molecule has 1 rings (SSSR count). The highest BCUT2D eigenvalue weighted by molar-refractivity contribution is 7.89. The van der Waals surface area contributed by atoms with Crippen molar-refractivity contribution < 1.29 is 13.2 Å². The first-order valence-electron chi connectivity index (χ1n) is 4.63. The maximum Gasteiger partial charge on any atom is 0.244 e. The van der Waals surface area contributed by atoms with Crippen molar-refractivity contribution in [1.82, 2.24) is 4.72 Å². The number of halogens is 1. The molecule has 0 radical (unpaired) electrons. The Hall–Kier alpha value is -1.24. The molecule has 3 N–H and O–H groups in total. The summed E-state index contributed by atoms with van der Waals surface area (Å²) in [5.74, 6) is 0.215. The lowest BCUT2D eigenvalue weighted by Gasteiger charge is -2.10. The Morgan fingerprint density at radius 2 is 2.24 bits per heavy atom. The topological polar surface area (TPSA) is 81.4 Å². The standard InChI is InChI=1S/C10H13ClN2O3S/c1-7(11)6-13-17(14,15)10-5-8(12)3-4-9(10)16-2/h3-5,13H,1,6,12H2,2H3. The van der Waals surface area contributed by atoms with Crippen LogP contribution in [0.1, 0.15) is 0 Å². The van der Waals surface area contributed by atoms with E-state index in [0.29, 0.717) is 5.69 Å². The smallest absolute Gasteiger partial charge is 0.244 e. The van der Waals surface area contributed by atoms with Gasteiger partial charge in [-0.2, -0.15) is 0 Å². The molecule has 0 unspecified atom stereocenters. The fourth-order valence-electron chi connectivity index (χ4n) is 1.15. The molecule has 0 aromatic heterocycles. The highest BCUT2D eigenvalue weighted by atomic mass is 35.5. The summed E-state index contributed by atoms with van der Waals surface area (Å²) in [6.45, 7) is 3.34. The lowest BCUT2D eigenvalue weighted by Crippen LogP contribution is -2.25. The molecule has 0 aliphatic heterocycles. The van der Waals surface area contributed by atoms with Crippen LogP contribution in [-0.2, 0) is 10.0 Å². The predicted molar refractivity (Wildman–Crippen MR) is 67.6 cm³/mol. The van der Waals surface area contributed by atoms with E-state index in [9.17, 15) is 8.42 Å². The number of hydrogen-bond acceptors (Lipinski definition) is 4. The summed E-state index contributed by atoms with van der Waals surface area (Å²) in [5, 5.41) is 0.191. The van der Waals surface area contributed by atoms with Gasteiger partial charge in [0.15, 0.2) is 0 Å². The zero-order valence-corrected chi connectivity index (χ0v) is 10.8. The van der Waals surface area contributed by atoms with Gasteiger partial charge in [0.05, 0.1) is 7.11 Å². The van der Waals surface area contributed by atoms with Crippen LogP contribution in [0.25, 0.3) is 0 Å². The largest absolute Gasteiger partial charge is 0.495 e. The molecule has 0 saturated carbocycles. The highest BCUT2D eigenvalue weighted by Gasteiger charge is 2.19. The zero-order chi connectivity index (χ0) is 13.1. The molecule has 0 atom stereocenters. The molecule has 0 bridgehead atoms. The van der Waals surface area contributed by atoms with Crippen LogP contribution in [-0.4, -0.2) is 22.1 Å². The first-order chi connectivity index (χ1) is 7.86. The van der Waals surface area contributed by atoms with Crippen LogP contribution in [0.3, 0.4) is 0 Å². The van der Waals surface area contributed by atoms with E-state index in [1.165, 1.54) is 19.2 Å². The summed E-state index contributed by atoms with van der Waals surface area (Å²) in [6.07, 6.45) is 0. The minimum Gasteiger partial charge on any atom is -0.495 e. The number of ether oxygens (including phenoxy) is 1. The van der Waals surface area contributed by atoms with Crippen LogP contribution in [0.2, 0.25) is 0 Å². The third-order valence-corrected chi connectivity index (χ3v) is 3.49. The molecule has 7 heteroatoms. The monoisotopic (exact) mass is 276 g/mol. The van der Waals surface area contributed by atoms with Crippen molar-refractivity contribution in [2.75, 3.05) is 19.4 Å². The highest BCUT2D eigenvalue weighted by Crippen LogP contribution is 2.25. The van der Waals surface area contributed by atoms with Crippen molar-refractivity contribution in [3.63, 3.8) is 0 Å². The second kappa shape index (κ2) is 5.39. The zero-order valence-electron chi connectivity index (χ0n) is 9.23. The molecule has 0 fully saturated rings. The molecule has 0 aliphatic rings. The minimum absolute atomic E-state index is 0.0297. The van der Waals surface area contributed by atoms with E-state index < -0.39 is 10.0 Å². The number of nitrogen functional groups attached to an aromatic ring is 1. The number of methoxy groups -OCH3 is 1. The Labute approximate surface area is 105 Å². The second-order valence-electron chi connectivity index (χ2n) is 3.25. The molecule has 0 amide bonds. The summed E-state index contributed by atoms with van der Waals surface area (Å²) in [5.41, 5.74) is 5.87. The van der Waals surface area contributed by atoms with Crippen LogP contribution >= 0.6 is 11.6 Å². The molecule has 17 heavy (non-hydrogen) atoms. The van der Waals surface area contributed by atoms with E-state index >= 15 is 0 Å². The van der Waals surface area contributed by atoms with Gasteiger partial charge in [0.25, 0.3) is 0 Å². The maximum atomic E-state index is 11.9. The van der Waals surface area contributed by atoms with E-state index in [0.717, 1.165) is 0 Å².